The summed E-state index contributed by atoms with van der Waals surface area (Å²) in [7, 11) is 4.02. The van der Waals surface area contributed by atoms with Crippen molar-refractivity contribution in [1.82, 2.24) is 14.5 Å². The number of nitrogens with zero attached hydrogens (tertiary/aromatic N) is 3. The fraction of sp³-hybridized carbons (Fsp3) is 0.800. The number of nitrogens with one attached hydrogen (secondary N) is 1. The highest BCUT2D eigenvalue weighted by atomic mass is 32.1. The number of likely N-dealkylation sites (N-methyl/N-ethyl adjacent to an activating group) is 1. The van der Waals surface area contributed by atoms with Crippen molar-refractivity contribution < 1.29 is 4.74 Å². The molecule has 1 fully saturated rings. The quantitative estimate of drug-likeness (QED) is 0.859. The summed E-state index contributed by atoms with van der Waals surface area (Å²) in [5, 5.41) is 8.32. The number of hydrogen-bond acceptors (Lipinski definition) is 6. The Morgan fingerprint density at radius 1 is 1.62 bits per heavy atom. The minimum absolute atomic E-state index is 0.314. The van der Waals surface area contributed by atoms with Crippen molar-refractivity contribution in [3.8, 4) is 0 Å². The van der Waals surface area contributed by atoms with E-state index in [1.807, 2.05) is 7.05 Å². The molecule has 1 saturated heterocycles. The van der Waals surface area contributed by atoms with Crippen LogP contribution in [-0.4, -0.2) is 47.3 Å². The van der Waals surface area contributed by atoms with Gasteiger partial charge in [0.25, 0.3) is 0 Å². The highest BCUT2D eigenvalue weighted by Gasteiger charge is 2.28. The van der Waals surface area contributed by atoms with Crippen molar-refractivity contribution in [2.75, 3.05) is 26.0 Å². The minimum Gasteiger partial charge on any atom is -0.377 e. The van der Waals surface area contributed by atoms with Crippen LogP contribution < -0.4 is 5.32 Å². The van der Waals surface area contributed by atoms with Crippen LogP contribution in [0.2, 0.25) is 0 Å². The molecule has 16 heavy (non-hydrogen) atoms. The highest BCUT2D eigenvalue weighted by Crippen LogP contribution is 2.23. The molecule has 0 spiro atoms. The molecule has 0 aliphatic carbocycles. The normalized spacial score (nSPS) is 25.2. The molecule has 1 aromatic rings. The van der Waals surface area contributed by atoms with Crippen LogP contribution in [0.15, 0.2) is 0 Å². The van der Waals surface area contributed by atoms with E-state index in [0.29, 0.717) is 12.1 Å². The van der Waals surface area contributed by atoms with Gasteiger partial charge in [-0.2, -0.15) is 0 Å². The molecule has 5 nitrogen and oxygen atoms in total. The van der Waals surface area contributed by atoms with E-state index in [9.17, 15) is 0 Å². The molecule has 0 aromatic carbocycles. The van der Waals surface area contributed by atoms with Crippen molar-refractivity contribution >= 4 is 16.5 Å². The van der Waals surface area contributed by atoms with Gasteiger partial charge >= 0.3 is 0 Å². The molecule has 1 N–H and O–H groups in total. The van der Waals surface area contributed by atoms with E-state index in [2.05, 4.69) is 33.8 Å². The van der Waals surface area contributed by atoms with E-state index in [1.54, 1.807) is 0 Å². The molecule has 1 aliphatic rings. The molecule has 0 radical (unpaired) electrons. The van der Waals surface area contributed by atoms with Gasteiger partial charge in [0, 0.05) is 37.8 Å². The smallest absolute Gasteiger partial charge is 0.134 e. The molecule has 2 unspecified atom stereocenters. The molecular formula is C10H18N4OS. The average Bonchev–Trinajstić information content (AvgIpc) is 2.86. The molecule has 2 rings (SSSR count). The van der Waals surface area contributed by atoms with Crippen LogP contribution >= 0.6 is 11.5 Å². The molecule has 0 amide bonds. The van der Waals surface area contributed by atoms with E-state index in [-0.39, 0.29) is 0 Å². The van der Waals surface area contributed by atoms with Crippen LogP contribution in [0, 0.1) is 0 Å². The Morgan fingerprint density at radius 3 is 3.06 bits per heavy atom. The molecule has 0 bridgehead atoms. The molecule has 2 heterocycles. The maximum atomic E-state index is 5.57. The van der Waals surface area contributed by atoms with Gasteiger partial charge in [-0.1, -0.05) is 4.49 Å². The number of hydrogen-bond donors (Lipinski definition) is 1. The molecule has 6 heteroatoms. The summed E-state index contributed by atoms with van der Waals surface area (Å²) >= 11 is 1.40. The van der Waals surface area contributed by atoms with Crippen LogP contribution in [0.3, 0.4) is 0 Å². The lowest BCUT2D eigenvalue weighted by atomic mass is 10.1. The molecule has 1 aromatic heterocycles. The maximum absolute atomic E-state index is 5.57. The zero-order chi connectivity index (χ0) is 11.5. The second-order valence-electron chi connectivity index (χ2n) is 4.15. The Morgan fingerprint density at radius 2 is 2.44 bits per heavy atom. The van der Waals surface area contributed by atoms with Gasteiger partial charge in [-0.15, -0.1) is 5.10 Å². The van der Waals surface area contributed by atoms with Crippen LogP contribution in [0.1, 0.15) is 19.0 Å². The summed E-state index contributed by atoms with van der Waals surface area (Å²) < 4.78 is 9.53. The van der Waals surface area contributed by atoms with Crippen molar-refractivity contribution in [3.05, 3.63) is 5.69 Å². The van der Waals surface area contributed by atoms with E-state index in [0.717, 1.165) is 30.3 Å². The first-order valence-corrected chi connectivity index (χ1v) is 6.30. The maximum Gasteiger partial charge on any atom is 0.134 e. The van der Waals surface area contributed by atoms with E-state index in [4.69, 9.17) is 4.74 Å². The van der Waals surface area contributed by atoms with Crippen LogP contribution in [-0.2, 0) is 11.3 Å². The van der Waals surface area contributed by atoms with Gasteiger partial charge in [0.05, 0.1) is 6.10 Å². The zero-order valence-electron chi connectivity index (χ0n) is 9.93. The average molecular weight is 242 g/mol. The SMILES string of the molecule is CNc1snnc1CN(C)C1CCOC1C. The molecule has 1 aliphatic heterocycles. The third kappa shape index (κ3) is 2.34. The predicted octanol–water partition coefficient (Wildman–Crippen LogP) is 1.19. The van der Waals surface area contributed by atoms with Crippen molar-refractivity contribution in [2.45, 2.75) is 32.0 Å². The van der Waals surface area contributed by atoms with Crippen LogP contribution in [0.4, 0.5) is 5.00 Å². The van der Waals surface area contributed by atoms with Crippen LogP contribution in [0.5, 0.6) is 0 Å². The molecular weight excluding hydrogens is 224 g/mol. The third-order valence-electron chi connectivity index (χ3n) is 3.08. The van der Waals surface area contributed by atoms with Crippen LogP contribution in [0.25, 0.3) is 0 Å². The molecule has 90 valence electrons. The van der Waals surface area contributed by atoms with Gasteiger partial charge in [0.1, 0.15) is 10.7 Å². The van der Waals surface area contributed by atoms with Gasteiger partial charge in [-0.25, -0.2) is 0 Å². The first-order valence-electron chi connectivity index (χ1n) is 5.53. The first kappa shape index (κ1) is 11.8. The van der Waals surface area contributed by atoms with E-state index < -0.39 is 0 Å². The summed E-state index contributed by atoms with van der Waals surface area (Å²) in [4.78, 5) is 2.30. The first-order chi connectivity index (χ1) is 7.72. The lowest BCUT2D eigenvalue weighted by Crippen LogP contribution is -2.36. The van der Waals surface area contributed by atoms with Crippen molar-refractivity contribution in [2.24, 2.45) is 0 Å². The van der Waals surface area contributed by atoms with E-state index in [1.165, 1.54) is 11.5 Å². The Kier molecular flexibility index (Phi) is 3.73. The lowest BCUT2D eigenvalue weighted by molar-refractivity contribution is 0.0811. The molecule has 2 atom stereocenters. The van der Waals surface area contributed by atoms with Gasteiger partial charge in [-0.05, 0) is 20.4 Å². The fourth-order valence-corrected chi connectivity index (χ4v) is 2.68. The number of ether oxygens (including phenoxy) is 1. The second kappa shape index (κ2) is 5.07. The number of rotatable bonds is 4. The Hall–Kier alpha value is -0.720. The second-order valence-corrected chi connectivity index (χ2v) is 4.90. The fourth-order valence-electron chi connectivity index (χ4n) is 2.15. The monoisotopic (exact) mass is 242 g/mol. The standard InChI is InChI=1S/C10H18N4OS/c1-7-9(4-5-15-7)14(3)6-8-10(11-2)16-13-12-8/h7,9,11H,4-6H2,1-3H3. The van der Waals surface area contributed by atoms with Crippen molar-refractivity contribution in [3.63, 3.8) is 0 Å². The summed E-state index contributed by atoms with van der Waals surface area (Å²) in [6, 6.07) is 0.492. The van der Waals surface area contributed by atoms with Gasteiger partial charge < -0.3 is 10.1 Å². The zero-order valence-corrected chi connectivity index (χ0v) is 10.8. The summed E-state index contributed by atoms with van der Waals surface area (Å²) in [5.41, 5.74) is 1.02. The Bertz CT molecular complexity index is 343. The Balaban J connectivity index is 1.98. The Labute approximate surface area is 100.0 Å². The highest BCUT2D eigenvalue weighted by molar-refractivity contribution is 7.10. The largest absolute Gasteiger partial charge is 0.377 e. The number of aromatic nitrogens is 2. The van der Waals surface area contributed by atoms with Crippen molar-refractivity contribution in [1.29, 1.82) is 0 Å². The van der Waals surface area contributed by atoms with Gasteiger partial charge in [0.15, 0.2) is 0 Å². The summed E-state index contributed by atoms with van der Waals surface area (Å²) in [6.07, 6.45) is 1.42. The summed E-state index contributed by atoms with van der Waals surface area (Å²) in [6.45, 7) is 3.82. The third-order valence-corrected chi connectivity index (χ3v) is 3.87. The lowest BCUT2D eigenvalue weighted by Gasteiger charge is -2.25. The number of anilines is 1. The minimum atomic E-state index is 0.314. The van der Waals surface area contributed by atoms with Gasteiger partial charge in [0.2, 0.25) is 0 Å². The van der Waals surface area contributed by atoms with Gasteiger partial charge in [-0.3, -0.25) is 4.90 Å². The topological polar surface area (TPSA) is 50.3 Å². The summed E-state index contributed by atoms with van der Waals surface area (Å²) in [5.74, 6) is 0. The molecule has 0 saturated carbocycles. The van der Waals surface area contributed by atoms with E-state index >= 15 is 0 Å². The predicted molar refractivity (Wildman–Crippen MR) is 64.7 cm³/mol.